The number of ether oxygens (including phenoxy) is 2. The molecule has 0 aliphatic carbocycles. The van der Waals surface area contributed by atoms with Crippen LogP contribution in [-0.4, -0.2) is 38.8 Å². The van der Waals surface area contributed by atoms with Crippen molar-refractivity contribution in [3.63, 3.8) is 0 Å². The standard InChI is InChI=1S/C33H26ClF4N3O4/c1-33(2)16-44-15-28(33)41-27-10-19(32(42)43)9-25(38)31(27)40-29(41)11-18-8-24(37)21(13-23(18)36)26-4-3-5-30(39-26)45-14-17-6-7-20(34)12-22(17)35/h3-10,12-13,28H,11,14-16H2,1-2H3,(H,42,43)/t28-/m1/s1. The van der Waals surface area contributed by atoms with Gasteiger partial charge in [-0.3, -0.25) is 0 Å². The molecule has 1 saturated heterocycles. The molecule has 6 rings (SSSR count). The minimum atomic E-state index is -1.31. The number of fused-ring (bicyclic) bond motifs is 1. The van der Waals surface area contributed by atoms with Crippen LogP contribution in [0, 0.1) is 28.7 Å². The number of imidazole rings is 1. The highest BCUT2D eigenvalue weighted by Gasteiger charge is 2.39. The van der Waals surface area contributed by atoms with Crippen LogP contribution in [0.15, 0.2) is 60.7 Å². The Balaban J connectivity index is 1.33. The van der Waals surface area contributed by atoms with E-state index < -0.39 is 34.7 Å². The molecule has 0 unspecified atom stereocenters. The molecule has 45 heavy (non-hydrogen) atoms. The number of carboxylic acid groups (broad SMARTS) is 1. The molecule has 3 heterocycles. The highest BCUT2D eigenvalue weighted by atomic mass is 35.5. The molecule has 1 aliphatic heterocycles. The third-order valence-corrected chi connectivity index (χ3v) is 8.14. The second-order valence-corrected chi connectivity index (χ2v) is 12.0. The van der Waals surface area contributed by atoms with E-state index in [-0.39, 0.29) is 81.4 Å². The van der Waals surface area contributed by atoms with Gasteiger partial charge >= 0.3 is 5.97 Å². The van der Waals surface area contributed by atoms with Crippen molar-refractivity contribution in [1.82, 2.24) is 14.5 Å². The third kappa shape index (κ3) is 5.97. The zero-order chi connectivity index (χ0) is 32.0. The molecule has 3 aromatic carbocycles. The number of hydrogen-bond donors (Lipinski definition) is 1. The van der Waals surface area contributed by atoms with Crippen LogP contribution < -0.4 is 4.74 Å². The van der Waals surface area contributed by atoms with E-state index in [1.54, 1.807) is 10.6 Å². The lowest BCUT2D eigenvalue weighted by molar-refractivity contribution is 0.0696. The summed E-state index contributed by atoms with van der Waals surface area (Å²) in [6.45, 7) is 4.37. The maximum Gasteiger partial charge on any atom is 0.335 e. The predicted octanol–water partition coefficient (Wildman–Crippen LogP) is 7.77. The van der Waals surface area contributed by atoms with Crippen LogP contribution in [0.5, 0.6) is 5.88 Å². The lowest BCUT2D eigenvalue weighted by atomic mass is 9.87. The predicted molar refractivity (Wildman–Crippen MR) is 158 cm³/mol. The van der Waals surface area contributed by atoms with Crippen LogP contribution >= 0.6 is 11.6 Å². The Morgan fingerprint density at radius 3 is 2.49 bits per heavy atom. The number of aromatic nitrogens is 3. The van der Waals surface area contributed by atoms with Gasteiger partial charge in [0.05, 0.1) is 36.0 Å². The Kier molecular flexibility index (Phi) is 8.00. The zero-order valence-corrected chi connectivity index (χ0v) is 24.8. The molecular formula is C33H26ClF4N3O4. The average Bonchev–Trinajstić information content (AvgIpc) is 3.52. The number of pyridine rings is 1. The number of carboxylic acids is 1. The van der Waals surface area contributed by atoms with E-state index in [0.29, 0.717) is 6.61 Å². The summed E-state index contributed by atoms with van der Waals surface area (Å²) in [6, 6.07) is 12.6. The number of benzene rings is 3. The molecule has 0 spiro atoms. The van der Waals surface area contributed by atoms with E-state index in [9.17, 15) is 14.3 Å². The fraction of sp³-hybridized carbons (Fsp3) is 0.242. The van der Waals surface area contributed by atoms with Gasteiger partial charge in [0.15, 0.2) is 5.82 Å². The number of halogens is 5. The van der Waals surface area contributed by atoms with Gasteiger partial charge in [-0.25, -0.2) is 32.3 Å². The van der Waals surface area contributed by atoms with Crippen molar-refractivity contribution >= 4 is 28.6 Å². The van der Waals surface area contributed by atoms with Gasteiger partial charge in [0.1, 0.15) is 35.4 Å². The van der Waals surface area contributed by atoms with Crippen LogP contribution in [0.1, 0.15) is 47.2 Å². The third-order valence-electron chi connectivity index (χ3n) is 7.91. The number of carbonyl (C=O) groups is 1. The molecule has 0 saturated carbocycles. The molecule has 0 amide bonds. The fourth-order valence-corrected chi connectivity index (χ4v) is 5.66. The molecule has 1 fully saturated rings. The highest BCUT2D eigenvalue weighted by Crippen LogP contribution is 2.41. The molecular weight excluding hydrogens is 614 g/mol. The second-order valence-electron chi connectivity index (χ2n) is 11.5. The van der Waals surface area contributed by atoms with Crippen molar-refractivity contribution < 1.29 is 36.9 Å². The van der Waals surface area contributed by atoms with Crippen LogP contribution in [0.25, 0.3) is 22.3 Å². The normalized spacial score (nSPS) is 15.9. The Labute approximate surface area is 260 Å². The smallest absolute Gasteiger partial charge is 0.335 e. The van der Waals surface area contributed by atoms with Gasteiger partial charge in [-0.15, -0.1) is 0 Å². The summed E-state index contributed by atoms with van der Waals surface area (Å²) in [6.07, 6.45) is -0.213. The van der Waals surface area contributed by atoms with Gasteiger partial charge in [0.25, 0.3) is 0 Å². The Morgan fingerprint density at radius 2 is 1.78 bits per heavy atom. The van der Waals surface area contributed by atoms with Crippen LogP contribution in [-0.2, 0) is 17.8 Å². The largest absolute Gasteiger partial charge is 0.478 e. The molecule has 0 radical (unpaired) electrons. The fourth-order valence-electron chi connectivity index (χ4n) is 5.50. The van der Waals surface area contributed by atoms with Crippen molar-refractivity contribution in [3.8, 4) is 17.1 Å². The van der Waals surface area contributed by atoms with Crippen LogP contribution in [0.4, 0.5) is 17.6 Å². The van der Waals surface area contributed by atoms with E-state index in [1.165, 1.54) is 30.3 Å². The zero-order valence-electron chi connectivity index (χ0n) is 24.1. The van der Waals surface area contributed by atoms with Crippen molar-refractivity contribution in [3.05, 3.63) is 111 Å². The maximum absolute atomic E-state index is 15.6. The molecule has 1 atom stereocenters. The van der Waals surface area contributed by atoms with E-state index in [4.69, 9.17) is 21.1 Å². The van der Waals surface area contributed by atoms with Gasteiger partial charge in [0.2, 0.25) is 5.88 Å². The van der Waals surface area contributed by atoms with E-state index in [0.717, 1.165) is 24.3 Å². The summed E-state index contributed by atoms with van der Waals surface area (Å²) >= 11 is 5.79. The summed E-state index contributed by atoms with van der Waals surface area (Å²) < 4.78 is 73.3. The van der Waals surface area contributed by atoms with Gasteiger partial charge in [-0.2, -0.15) is 0 Å². The first-order valence-corrected chi connectivity index (χ1v) is 14.3. The number of aromatic carboxylic acids is 1. The van der Waals surface area contributed by atoms with E-state index in [1.807, 2.05) is 13.8 Å². The maximum atomic E-state index is 15.6. The lowest BCUT2D eigenvalue weighted by Crippen LogP contribution is -2.27. The molecule has 5 aromatic rings. The molecule has 232 valence electrons. The van der Waals surface area contributed by atoms with Crippen molar-refractivity contribution in [2.24, 2.45) is 5.41 Å². The first kappa shape index (κ1) is 30.5. The lowest BCUT2D eigenvalue weighted by Gasteiger charge is -2.28. The quantitative estimate of drug-likeness (QED) is 0.175. The van der Waals surface area contributed by atoms with Gasteiger partial charge in [0, 0.05) is 34.1 Å². The van der Waals surface area contributed by atoms with E-state index >= 15 is 13.2 Å². The summed E-state index contributed by atoms with van der Waals surface area (Å²) in [4.78, 5) is 20.4. The van der Waals surface area contributed by atoms with Crippen LogP contribution in [0.3, 0.4) is 0 Å². The summed E-state index contributed by atoms with van der Waals surface area (Å²) in [7, 11) is 0. The number of rotatable bonds is 8. The summed E-state index contributed by atoms with van der Waals surface area (Å²) in [5.74, 6) is -3.93. The highest BCUT2D eigenvalue weighted by molar-refractivity contribution is 6.30. The molecule has 0 bridgehead atoms. The Hall–Kier alpha value is -4.48. The van der Waals surface area contributed by atoms with Gasteiger partial charge < -0.3 is 19.1 Å². The Morgan fingerprint density at radius 1 is 1.00 bits per heavy atom. The minimum absolute atomic E-state index is 0.0472. The molecule has 1 aliphatic rings. The summed E-state index contributed by atoms with van der Waals surface area (Å²) in [5, 5.41) is 9.77. The molecule has 2 aromatic heterocycles. The first-order chi connectivity index (χ1) is 21.4. The van der Waals surface area contributed by atoms with Gasteiger partial charge in [-0.1, -0.05) is 37.6 Å². The molecule has 1 N–H and O–H groups in total. The second kappa shape index (κ2) is 11.8. The van der Waals surface area contributed by atoms with Crippen molar-refractivity contribution in [1.29, 1.82) is 0 Å². The molecule has 7 nitrogen and oxygen atoms in total. The average molecular weight is 640 g/mol. The number of nitrogens with zero attached hydrogens (tertiary/aromatic N) is 3. The SMILES string of the molecule is CC1(C)COC[C@H]1n1c(Cc2cc(F)c(-c3cccc(OCc4ccc(Cl)cc4F)n3)cc2F)nc2c(F)cc(C(=O)O)cc21. The molecule has 12 heteroatoms. The first-order valence-electron chi connectivity index (χ1n) is 13.9. The van der Waals surface area contributed by atoms with Crippen molar-refractivity contribution in [2.45, 2.75) is 32.9 Å². The monoisotopic (exact) mass is 639 g/mol. The topological polar surface area (TPSA) is 86.5 Å². The van der Waals surface area contributed by atoms with Crippen molar-refractivity contribution in [2.75, 3.05) is 13.2 Å². The van der Waals surface area contributed by atoms with Gasteiger partial charge in [-0.05, 0) is 48.0 Å². The summed E-state index contributed by atoms with van der Waals surface area (Å²) in [5.41, 5.74) is -0.396. The number of hydrogen-bond acceptors (Lipinski definition) is 5. The van der Waals surface area contributed by atoms with E-state index in [2.05, 4.69) is 9.97 Å². The minimum Gasteiger partial charge on any atom is -0.478 e. The van der Waals surface area contributed by atoms with Crippen LogP contribution in [0.2, 0.25) is 5.02 Å². The Bertz CT molecular complexity index is 1960.